The average molecular weight is 321 g/mol. The zero-order chi connectivity index (χ0) is 15.2. The number of nitrogens with zero attached hydrogens (tertiary/aromatic N) is 3. The van der Waals surface area contributed by atoms with E-state index in [1.807, 2.05) is 49.6 Å². The molecule has 0 spiro atoms. The monoisotopic (exact) mass is 320 g/mol. The van der Waals surface area contributed by atoms with Gasteiger partial charge in [0.05, 0.1) is 5.69 Å². The molecule has 6 heteroatoms. The Bertz CT molecular complexity index is 795. The van der Waals surface area contributed by atoms with Gasteiger partial charge in [0, 0.05) is 39.6 Å². The van der Waals surface area contributed by atoms with Gasteiger partial charge in [0.25, 0.3) is 0 Å². The minimum Gasteiger partial charge on any atom is -0.260 e. The third-order valence-corrected chi connectivity index (χ3v) is 4.98. The molecule has 0 N–H and O–H groups in total. The van der Waals surface area contributed by atoms with Crippen molar-refractivity contribution in [3.8, 4) is 0 Å². The largest absolute Gasteiger partial charge is 0.473 e. The van der Waals surface area contributed by atoms with Crippen LogP contribution in [0.15, 0.2) is 46.5 Å². The van der Waals surface area contributed by atoms with Crippen LogP contribution in [0, 0.1) is 0 Å². The number of anilines is 1. The van der Waals surface area contributed by atoms with Crippen molar-refractivity contribution in [2.24, 2.45) is 5.10 Å². The second kappa shape index (κ2) is 4.94. The Balaban J connectivity index is 2.01. The number of halogens is 1. The van der Waals surface area contributed by atoms with Crippen LogP contribution in [0.1, 0.15) is 13.8 Å². The maximum absolute atomic E-state index is 12.8. The molecular weight excluding hydrogens is 306 g/mol. The molecule has 0 bridgehead atoms. The van der Waals surface area contributed by atoms with E-state index in [1.165, 1.54) is 0 Å². The number of hydrogen-bond acceptors (Lipinski definition) is 3. The molecule has 2 aromatic rings. The summed E-state index contributed by atoms with van der Waals surface area (Å²) in [6.07, 6.45) is 1.82. The van der Waals surface area contributed by atoms with E-state index in [9.17, 15) is 4.79 Å². The van der Waals surface area contributed by atoms with Crippen molar-refractivity contribution in [2.75, 3.05) is 11.9 Å². The minimum atomic E-state index is -0.563. The highest BCUT2D eigenvalue weighted by Gasteiger charge is 2.46. The minimum absolute atomic E-state index is 0.286. The smallest absolute Gasteiger partial charge is 0.260 e. The third-order valence-electron chi connectivity index (χ3n) is 3.54. The first-order chi connectivity index (χ1) is 9.93. The molecule has 2 amide bonds. The van der Waals surface area contributed by atoms with Crippen LogP contribution < -0.4 is 4.90 Å². The molecule has 0 saturated heterocycles. The predicted octanol–water partition coefficient (Wildman–Crippen LogP) is 4.72. The number of thiophene rings is 1. The zero-order valence-electron chi connectivity index (χ0n) is 12.0. The fraction of sp³-hybridized carbons (Fsp3) is 0.200. The number of amides is 2. The van der Waals surface area contributed by atoms with E-state index in [0.29, 0.717) is 5.70 Å². The van der Waals surface area contributed by atoms with Gasteiger partial charge >= 0.3 is 6.03 Å². The summed E-state index contributed by atoms with van der Waals surface area (Å²) >= 11 is 8.03. The number of quaternary nitrogens is 1. The van der Waals surface area contributed by atoms with Crippen molar-refractivity contribution in [1.29, 1.82) is 0 Å². The van der Waals surface area contributed by atoms with Crippen LogP contribution >= 0.6 is 23.1 Å². The molecule has 0 saturated carbocycles. The summed E-state index contributed by atoms with van der Waals surface area (Å²) in [4.78, 5) is 14.4. The molecule has 3 rings (SSSR count). The molecule has 108 valence electrons. The molecular formula is C15H15ClN3OS+. The van der Waals surface area contributed by atoms with Crippen LogP contribution in [0.3, 0.4) is 0 Å². The number of urea groups is 1. The first-order valence-corrected chi connectivity index (χ1v) is 7.74. The normalized spacial score (nSPS) is 21.3. The summed E-state index contributed by atoms with van der Waals surface area (Å²) in [5.74, 6) is 0. The van der Waals surface area contributed by atoms with Crippen LogP contribution in [0.4, 0.5) is 10.5 Å². The molecule has 4 nitrogen and oxygen atoms in total. The Kier molecular flexibility index (Phi) is 3.36. The summed E-state index contributed by atoms with van der Waals surface area (Å²) in [7, 11) is 1.73. The van der Waals surface area contributed by atoms with Crippen molar-refractivity contribution in [2.45, 2.75) is 13.8 Å². The van der Waals surface area contributed by atoms with E-state index < -0.39 is 4.11 Å². The van der Waals surface area contributed by atoms with Gasteiger partial charge in [-0.05, 0) is 13.0 Å². The highest BCUT2D eigenvalue weighted by Crippen LogP contribution is 2.36. The zero-order valence-corrected chi connectivity index (χ0v) is 13.6. The quantitative estimate of drug-likeness (QED) is 0.700. The maximum atomic E-state index is 12.8. The van der Waals surface area contributed by atoms with Gasteiger partial charge in [-0.25, -0.2) is 4.79 Å². The summed E-state index contributed by atoms with van der Waals surface area (Å²) in [6, 6.07) is 7.71. The number of hydrogen-bond donors (Lipinski definition) is 0. The fourth-order valence-electron chi connectivity index (χ4n) is 2.43. The summed E-state index contributed by atoms with van der Waals surface area (Å²) in [5, 5.41) is 7.27. The number of carbonyl (C=O) groups is 1. The van der Waals surface area contributed by atoms with Crippen LogP contribution in [0.2, 0.25) is 0 Å². The van der Waals surface area contributed by atoms with Gasteiger partial charge in [-0.3, -0.25) is 4.90 Å². The van der Waals surface area contributed by atoms with Crippen molar-refractivity contribution in [1.82, 2.24) is 0 Å². The van der Waals surface area contributed by atoms with Crippen molar-refractivity contribution in [3.05, 3.63) is 41.4 Å². The standard InChI is InChI=1S/C15H15ClN3OS/c1-10-8-11(2)19(16,17-10)15(20)18(3)13-9-21-14-7-5-4-6-12(13)14/h4-9H,1-3H3/q+1. The van der Waals surface area contributed by atoms with E-state index >= 15 is 0 Å². The molecule has 0 fully saturated rings. The Morgan fingerprint density at radius 1 is 1.33 bits per heavy atom. The average Bonchev–Trinajstić information content (AvgIpc) is 2.99. The lowest BCUT2D eigenvalue weighted by Gasteiger charge is -2.22. The van der Waals surface area contributed by atoms with Crippen molar-refractivity contribution >= 4 is 50.6 Å². The van der Waals surface area contributed by atoms with Gasteiger partial charge in [-0.1, -0.05) is 23.3 Å². The molecule has 1 unspecified atom stereocenters. The van der Waals surface area contributed by atoms with Crippen LogP contribution in [-0.2, 0) is 0 Å². The molecule has 0 aliphatic carbocycles. The lowest BCUT2D eigenvalue weighted by Crippen LogP contribution is -2.45. The van der Waals surface area contributed by atoms with Gasteiger partial charge in [0.2, 0.25) is 11.8 Å². The lowest BCUT2D eigenvalue weighted by atomic mass is 10.2. The first-order valence-electron chi connectivity index (χ1n) is 6.52. The van der Waals surface area contributed by atoms with Crippen molar-refractivity contribution in [3.63, 3.8) is 0 Å². The van der Waals surface area contributed by atoms with Gasteiger partial charge in [0.15, 0.2) is 5.70 Å². The van der Waals surface area contributed by atoms with E-state index in [2.05, 4.69) is 5.10 Å². The molecule has 2 heterocycles. The van der Waals surface area contributed by atoms with Crippen molar-refractivity contribution < 1.29 is 8.91 Å². The molecule has 1 aromatic heterocycles. The highest BCUT2D eigenvalue weighted by molar-refractivity contribution is 7.17. The van der Waals surface area contributed by atoms with Crippen LogP contribution in [-0.4, -0.2) is 22.9 Å². The molecule has 1 aliphatic rings. The summed E-state index contributed by atoms with van der Waals surface area (Å²) in [5.41, 5.74) is 2.30. The molecule has 21 heavy (non-hydrogen) atoms. The van der Waals surface area contributed by atoms with Gasteiger partial charge < -0.3 is 0 Å². The third kappa shape index (κ3) is 2.18. The predicted molar refractivity (Wildman–Crippen MR) is 88.6 cm³/mol. The van der Waals surface area contributed by atoms with Gasteiger partial charge in [0.1, 0.15) is 5.71 Å². The molecule has 1 aliphatic heterocycles. The SMILES string of the molecule is CC1=CC(C)=N[N+]1(Cl)C(=O)N(C)c1csc2ccccc12. The van der Waals surface area contributed by atoms with Crippen LogP contribution in [0.5, 0.6) is 0 Å². The van der Waals surface area contributed by atoms with E-state index in [4.69, 9.17) is 11.8 Å². The summed E-state index contributed by atoms with van der Waals surface area (Å²) in [6.45, 7) is 3.64. The molecule has 0 radical (unpaired) electrons. The summed E-state index contributed by atoms with van der Waals surface area (Å²) < 4.78 is 0.577. The first kappa shape index (κ1) is 14.3. The van der Waals surface area contributed by atoms with Crippen LogP contribution in [0.25, 0.3) is 10.1 Å². The highest BCUT2D eigenvalue weighted by atomic mass is 35.5. The Morgan fingerprint density at radius 2 is 2.05 bits per heavy atom. The topological polar surface area (TPSA) is 32.7 Å². The lowest BCUT2D eigenvalue weighted by molar-refractivity contribution is -0.689. The molecule has 1 atom stereocenters. The van der Waals surface area contributed by atoms with E-state index in [-0.39, 0.29) is 6.03 Å². The van der Waals surface area contributed by atoms with E-state index in [1.54, 1.807) is 23.3 Å². The second-order valence-corrected chi connectivity index (χ2v) is 6.44. The molecule has 1 aromatic carbocycles. The van der Waals surface area contributed by atoms with Gasteiger partial charge in [-0.2, -0.15) is 0 Å². The number of allylic oxidation sites excluding steroid dienone is 2. The number of rotatable bonds is 1. The number of carbonyl (C=O) groups excluding carboxylic acids is 1. The van der Waals surface area contributed by atoms with E-state index in [0.717, 1.165) is 21.5 Å². The fourth-order valence-corrected chi connectivity index (χ4v) is 3.69. The van der Waals surface area contributed by atoms with Gasteiger partial charge in [-0.15, -0.1) is 11.3 Å². The Morgan fingerprint density at radius 3 is 2.71 bits per heavy atom. The second-order valence-electron chi connectivity index (χ2n) is 5.04. The Labute approximate surface area is 132 Å². The number of benzene rings is 1. The maximum Gasteiger partial charge on any atom is 0.473 e. The Hall–Kier alpha value is -1.69. The number of fused-ring (bicyclic) bond motifs is 1.